The normalized spacial score (nSPS) is 24.8. The van der Waals surface area contributed by atoms with Crippen LogP contribution in [0, 0.1) is 0 Å². The van der Waals surface area contributed by atoms with Crippen molar-refractivity contribution in [2.75, 3.05) is 19.3 Å². The minimum Gasteiger partial charge on any atom is -0.292 e. The van der Waals surface area contributed by atoms with Crippen LogP contribution in [0.2, 0.25) is 0 Å². The molecule has 1 nitrogen and oxygen atoms in total. The van der Waals surface area contributed by atoms with Crippen LogP contribution in [-0.2, 0) is 0 Å². The number of hydrogen-bond donors (Lipinski definition) is 0. The van der Waals surface area contributed by atoms with Gasteiger partial charge in [-0.05, 0) is 19.6 Å². The van der Waals surface area contributed by atoms with Crippen molar-refractivity contribution in [1.82, 2.24) is 4.90 Å². The first-order chi connectivity index (χ1) is 3.84. The minimum atomic E-state index is 0.753. The summed E-state index contributed by atoms with van der Waals surface area (Å²) in [6.45, 7) is 4.91. The first kappa shape index (κ1) is 6.43. The highest BCUT2D eigenvalue weighted by molar-refractivity contribution is 7.99. The molecule has 1 saturated heterocycles. The summed E-state index contributed by atoms with van der Waals surface area (Å²) in [7, 11) is 0. The van der Waals surface area contributed by atoms with Crippen LogP contribution in [0.5, 0.6) is 0 Å². The van der Waals surface area contributed by atoms with Crippen LogP contribution in [0.1, 0.15) is 13.3 Å². The average Bonchev–Trinajstić information content (AvgIpc) is 1.62. The summed E-state index contributed by atoms with van der Waals surface area (Å²) in [5.41, 5.74) is 0. The second kappa shape index (κ2) is 2.74. The number of rotatable bonds is 2. The molecule has 0 aromatic rings. The lowest BCUT2D eigenvalue weighted by Crippen LogP contribution is -2.41. The van der Waals surface area contributed by atoms with Gasteiger partial charge in [-0.3, -0.25) is 4.90 Å². The molecule has 2 heteroatoms. The largest absolute Gasteiger partial charge is 0.292 e. The van der Waals surface area contributed by atoms with E-state index >= 15 is 0 Å². The molecule has 0 N–H and O–H groups in total. The lowest BCUT2D eigenvalue weighted by Gasteiger charge is -2.35. The summed E-state index contributed by atoms with van der Waals surface area (Å²) in [6, 6.07) is 0. The summed E-state index contributed by atoms with van der Waals surface area (Å²) < 4.78 is 0. The van der Waals surface area contributed by atoms with Gasteiger partial charge in [-0.25, -0.2) is 0 Å². The highest BCUT2D eigenvalue weighted by Crippen LogP contribution is 2.17. The minimum absolute atomic E-state index is 0.753. The van der Waals surface area contributed by atoms with Crippen LogP contribution >= 0.6 is 11.8 Å². The van der Waals surface area contributed by atoms with E-state index in [0.717, 1.165) is 5.37 Å². The Morgan fingerprint density at radius 3 is 2.25 bits per heavy atom. The molecule has 1 aliphatic heterocycles. The summed E-state index contributed by atoms with van der Waals surface area (Å²) in [5.74, 6) is 0. The van der Waals surface area contributed by atoms with Crippen molar-refractivity contribution in [1.29, 1.82) is 0 Å². The van der Waals surface area contributed by atoms with Gasteiger partial charge in [-0.1, -0.05) is 0 Å². The summed E-state index contributed by atoms with van der Waals surface area (Å²) in [6.07, 6.45) is 3.58. The Labute approximate surface area is 55.4 Å². The van der Waals surface area contributed by atoms with Crippen molar-refractivity contribution < 1.29 is 0 Å². The van der Waals surface area contributed by atoms with Crippen LogP contribution < -0.4 is 0 Å². The molecule has 1 unspecified atom stereocenters. The molecule has 0 aliphatic carbocycles. The predicted octanol–water partition coefficient (Wildman–Crippen LogP) is 1.40. The van der Waals surface area contributed by atoms with E-state index in [9.17, 15) is 0 Å². The van der Waals surface area contributed by atoms with E-state index in [1.165, 1.54) is 19.5 Å². The van der Waals surface area contributed by atoms with E-state index in [1.807, 2.05) is 11.8 Å². The first-order valence-electron chi connectivity index (χ1n) is 3.11. The van der Waals surface area contributed by atoms with Crippen LogP contribution in [0.4, 0.5) is 0 Å². The molecular weight excluding hydrogens is 118 g/mol. The number of nitrogens with zero attached hydrogens (tertiary/aromatic N) is 1. The molecule has 0 saturated carbocycles. The Bertz CT molecular complexity index is 68.2. The molecule has 0 aromatic heterocycles. The zero-order chi connectivity index (χ0) is 5.98. The third-order valence-corrected chi connectivity index (χ3v) is 2.73. The first-order valence-corrected chi connectivity index (χ1v) is 4.40. The average molecular weight is 131 g/mol. The maximum Gasteiger partial charge on any atom is 0.0525 e. The van der Waals surface area contributed by atoms with Crippen molar-refractivity contribution in [3.05, 3.63) is 0 Å². The van der Waals surface area contributed by atoms with Crippen LogP contribution in [0.3, 0.4) is 0 Å². The Morgan fingerprint density at radius 1 is 1.50 bits per heavy atom. The maximum absolute atomic E-state index is 2.49. The lowest BCUT2D eigenvalue weighted by atomic mass is 10.2. The second-order valence-electron chi connectivity index (χ2n) is 2.22. The summed E-state index contributed by atoms with van der Waals surface area (Å²) in [4.78, 5) is 2.49. The topological polar surface area (TPSA) is 3.24 Å². The number of hydrogen-bond acceptors (Lipinski definition) is 2. The second-order valence-corrected chi connectivity index (χ2v) is 3.38. The van der Waals surface area contributed by atoms with E-state index < -0.39 is 0 Å². The Hall–Kier alpha value is 0.310. The van der Waals surface area contributed by atoms with Gasteiger partial charge in [0.1, 0.15) is 0 Å². The third kappa shape index (κ3) is 1.17. The molecule has 0 radical (unpaired) electrons. The predicted molar refractivity (Wildman–Crippen MR) is 39.2 cm³/mol. The molecule has 1 atom stereocenters. The van der Waals surface area contributed by atoms with Gasteiger partial charge < -0.3 is 0 Å². The van der Waals surface area contributed by atoms with Gasteiger partial charge in [0.15, 0.2) is 0 Å². The zero-order valence-corrected chi connectivity index (χ0v) is 6.37. The number of likely N-dealkylation sites (tertiary alicyclic amines) is 1. The van der Waals surface area contributed by atoms with Gasteiger partial charge in [0, 0.05) is 13.1 Å². The van der Waals surface area contributed by atoms with E-state index in [0.29, 0.717) is 0 Å². The molecule has 0 amide bonds. The molecule has 1 heterocycles. The number of thioether (sulfide) groups is 1. The van der Waals surface area contributed by atoms with E-state index in [2.05, 4.69) is 18.1 Å². The lowest BCUT2D eigenvalue weighted by molar-refractivity contribution is 0.175. The van der Waals surface area contributed by atoms with Crippen molar-refractivity contribution in [3.63, 3.8) is 0 Å². The van der Waals surface area contributed by atoms with Crippen molar-refractivity contribution >= 4 is 11.8 Å². The molecule has 0 aromatic carbocycles. The van der Waals surface area contributed by atoms with Gasteiger partial charge in [-0.2, -0.15) is 0 Å². The summed E-state index contributed by atoms with van der Waals surface area (Å²) >= 11 is 1.93. The quantitative estimate of drug-likeness (QED) is 0.557. The standard InChI is InChI=1S/C6H13NS/c1-6(8-2)7-4-3-5-7/h6H,3-5H2,1-2H3. The van der Waals surface area contributed by atoms with Crippen LogP contribution in [0.15, 0.2) is 0 Å². The molecule has 0 bridgehead atoms. The fourth-order valence-corrected chi connectivity index (χ4v) is 1.36. The van der Waals surface area contributed by atoms with E-state index in [-0.39, 0.29) is 0 Å². The van der Waals surface area contributed by atoms with Gasteiger partial charge in [0.05, 0.1) is 5.37 Å². The molecular formula is C6H13NS. The fourth-order valence-electron chi connectivity index (χ4n) is 0.853. The van der Waals surface area contributed by atoms with Crippen LogP contribution in [0.25, 0.3) is 0 Å². The zero-order valence-electron chi connectivity index (χ0n) is 5.55. The van der Waals surface area contributed by atoms with Crippen molar-refractivity contribution in [2.45, 2.75) is 18.7 Å². The van der Waals surface area contributed by atoms with E-state index in [4.69, 9.17) is 0 Å². The Balaban J connectivity index is 2.13. The van der Waals surface area contributed by atoms with Crippen LogP contribution in [-0.4, -0.2) is 29.6 Å². The van der Waals surface area contributed by atoms with Gasteiger partial charge >= 0.3 is 0 Å². The highest BCUT2D eigenvalue weighted by atomic mass is 32.2. The maximum atomic E-state index is 2.49. The van der Waals surface area contributed by atoms with Crippen molar-refractivity contribution in [2.24, 2.45) is 0 Å². The molecule has 1 aliphatic rings. The molecule has 0 spiro atoms. The van der Waals surface area contributed by atoms with Gasteiger partial charge in [0.25, 0.3) is 0 Å². The smallest absolute Gasteiger partial charge is 0.0525 e. The van der Waals surface area contributed by atoms with Gasteiger partial charge in [-0.15, -0.1) is 11.8 Å². The highest BCUT2D eigenvalue weighted by Gasteiger charge is 2.18. The third-order valence-electron chi connectivity index (χ3n) is 1.75. The fraction of sp³-hybridized carbons (Fsp3) is 1.00. The van der Waals surface area contributed by atoms with Crippen molar-refractivity contribution in [3.8, 4) is 0 Å². The molecule has 1 rings (SSSR count). The van der Waals surface area contributed by atoms with Gasteiger partial charge in [0.2, 0.25) is 0 Å². The summed E-state index contributed by atoms with van der Waals surface area (Å²) in [5, 5.41) is 0.753. The molecule has 1 fully saturated rings. The monoisotopic (exact) mass is 131 g/mol. The Kier molecular flexibility index (Phi) is 2.20. The molecule has 48 valence electrons. The Morgan fingerprint density at radius 2 is 2.12 bits per heavy atom. The SMILES string of the molecule is CSC(C)N1CCC1. The van der Waals surface area contributed by atoms with E-state index in [1.54, 1.807) is 0 Å². The molecule has 8 heavy (non-hydrogen) atoms.